The summed E-state index contributed by atoms with van der Waals surface area (Å²) in [5.41, 5.74) is 0.882. The van der Waals surface area contributed by atoms with Crippen molar-refractivity contribution in [3.63, 3.8) is 0 Å². The zero-order chi connectivity index (χ0) is 15.4. The number of carbonyl (C=O) groups excluding carboxylic acids is 1. The first-order valence-corrected chi connectivity index (χ1v) is 6.57. The first-order valence-electron chi connectivity index (χ1n) is 6.57. The van der Waals surface area contributed by atoms with E-state index in [2.05, 4.69) is 5.32 Å². The summed E-state index contributed by atoms with van der Waals surface area (Å²) in [7, 11) is 1.56. The number of ether oxygens (including phenoxy) is 2. The summed E-state index contributed by atoms with van der Waals surface area (Å²) >= 11 is 0. The van der Waals surface area contributed by atoms with E-state index in [0.29, 0.717) is 18.0 Å². The summed E-state index contributed by atoms with van der Waals surface area (Å²) in [5.74, 6) is -0.177. The molecule has 0 radical (unpaired) electrons. The number of nitrogens with zero attached hydrogens (tertiary/aromatic N) is 1. The van der Waals surface area contributed by atoms with Gasteiger partial charge in [0.2, 0.25) is 6.79 Å². The lowest BCUT2D eigenvalue weighted by molar-refractivity contribution is -0.141. The molecule has 0 fully saturated rings. The van der Waals surface area contributed by atoms with Crippen molar-refractivity contribution in [3.05, 3.63) is 23.8 Å². The van der Waals surface area contributed by atoms with Crippen molar-refractivity contribution < 1.29 is 24.2 Å². The van der Waals surface area contributed by atoms with E-state index in [0.717, 1.165) is 5.56 Å². The maximum atomic E-state index is 11.9. The number of urea groups is 1. The summed E-state index contributed by atoms with van der Waals surface area (Å²) in [6.07, 6.45) is 0. The van der Waals surface area contributed by atoms with Crippen LogP contribution in [0.4, 0.5) is 4.79 Å². The van der Waals surface area contributed by atoms with E-state index in [1.165, 1.54) is 4.90 Å². The molecule has 7 nitrogen and oxygen atoms in total. The SMILES string of the molecule is CC(CN(C)C(=O)NCc1ccc2c(c1)OCO2)C(=O)O. The molecule has 2 rings (SSSR count). The highest BCUT2D eigenvalue weighted by atomic mass is 16.7. The van der Waals surface area contributed by atoms with Gasteiger partial charge in [-0.25, -0.2) is 4.79 Å². The molecule has 0 aromatic heterocycles. The summed E-state index contributed by atoms with van der Waals surface area (Å²) in [4.78, 5) is 24.0. The zero-order valence-corrected chi connectivity index (χ0v) is 12.0. The first kappa shape index (κ1) is 15.0. The molecule has 1 aromatic carbocycles. The number of rotatable bonds is 5. The van der Waals surface area contributed by atoms with E-state index in [-0.39, 0.29) is 19.4 Å². The molecule has 114 valence electrons. The monoisotopic (exact) mass is 294 g/mol. The molecule has 0 saturated carbocycles. The Balaban J connectivity index is 1.85. The van der Waals surface area contributed by atoms with Gasteiger partial charge in [0.25, 0.3) is 0 Å². The van der Waals surface area contributed by atoms with Gasteiger partial charge >= 0.3 is 12.0 Å². The molecule has 1 aliphatic heterocycles. The molecule has 1 aliphatic rings. The third-order valence-corrected chi connectivity index (χ3v) is 3.20. The quantitative estimate of drug-likeness (QED) is 0.854. The van der Waals surface area contributed by atoms with Crippen LogP contribution >= 0.6 is 0 Å². The topological polar surface area (TPSA) is 88.1 Å². The standard InChI is InChI=1S/C14H18N2O5/c1-9(13(17)18)7-16(2)14(19)15-6-10-3-4-11-12(5-10)21-8-20-11/h3-5,9H,6-8H2,1-2H3,(H,15,19)(H,17,18). The Kier molecular flexibility index (Phi) is 4.52. The molecule has 7 heteroatoms. The molecule has 0 aliphatic carbocycles. The van der Waals surface area contributed by atoms with Gasteiger partial charge in [0.1, 0.15) is 0 Å². The van der Waals surface area contributed by atoms with E-state index in [1.54, 1.807) is 20.0 Å². The molecule has 0 saturated heterocycles. The average molecular weight is 294 g/mol. The minimum absolute atomic E-state index is 0.155. The van der Waals surface area contributed by atoms with Crippen molar-refractivity contribution in [1.82, 2.24) is 10.2 Å². The van der Waals surface area contributed by atoms with E-state index >= 15 is 0 Å². The predicted octanol–water partition coefficient (Wildman–Crippen LogP) is 1.28. The molecule has 2 amide bonds. The average Bonchev–Trinajstić information content (AvgIpc) is 2.91. The number of carboxylic acid groups (broad SMARTS) is 1. The maximum absolute atomic E-state index is 11.9. The van der Waals surface area contributed by atoms with Crippen LogP contribution in [0.5, 0.6) is 11.5 Å². The van der Waals surface area contributed by atoms with Crippen molar-refractivity contribution in [2.75, 3.05) is 20.4 Å². The van der Waals surface area contributed by atoms with Crippen LogP contribution in [-0.4, -0.2) is 42.4 Å². The zero-order valence-electron chi connectivity index (χ0n) is 12.0. The minimum atomic E-state index is -0.926. The van der Waals surface area contributed by atoms with Gasteiger partial charge in [-0.3, -0.25) is 4.79 Å². The Bertz CT molecular complexity index is 546. The molecular formula is C14H18N2O5. The van der Waals surface area contributed by atoms with E-state index in [9.17, 15) is 9.59 Å². The van der Waals surface area contributed by atoms with Crippen LogP contribution in [0.2, 0.25) is 0 Å². The maximum Gasteiger partial charge on any atom is 0.317 e. The second-order valence-electron chi connectivity index (χ2n) is 4.97. The van der Waals surface area contributed by atoms with Crippen molar-refractivity contribution >= 4 is 12.0 Å². The number of hydrogen-bond donors (Lipinski definition) is 2. The molecule has 2 N–H and O–H groups in total. The van der Waals surface area contributed by atoms with E-state index < -0.39 is 11.9 Å². The normalized spacial score (nSPS) is 13.6. The third-order valence-electron chi connectivity index (χ3n) is 3.20. The number of benzene rings is 1. The number of carboxylic acids is 1. The Hall–Kier alpha value is -2.44. The second kappa shape index (κ2) is 6.34. The summed E-state index contributed by atoms with van der Waals surface area (Å²) in [6.45, 7) is 2.26. The van der Waals surface area contributed by atoms with Crippen LogP contribution in [0.3, 0.4) is 0 Å². The predicted molar refractivity (Wildman–Crippen MR) is 74.2 cm³/mol. The fourth-order valence-corrected chi connectivity index (χ4v) is 1.94. The van der Waals surface area contributed by atoms with Crippen molar-refractivity contribution in [3.8, 4) is 11.5 Å². The highest BCUT2D eigenvalue weighted by Gasteiger charge is 2.17. The minimum Gasteiger partial charge on any atom is -0.481 e. The van der Waals surface area contributed by atoms with Crippen molar-refractivity contribution in [2.24, 2.45) is 5.92 Å². The molecule has 1 atom stereocenters. The van der Waals surface area contributed by atoms with E-state index in [4.69, 9.17) is 14.6 Å². The van der Waals surface area contributed by atoms with Gasteiger partial charge in [-0.2, -0.15) is 0 Å². The number of hydrogen-bond acceptors (Lipinski definition) is 4. The highest BCUT2D eigenvalue weighted by Crippen LogP contribution is 2.32. The van der Waals surface area contributed by atoms with E-state index in [1.807, 2.05) is 12.1 Å². The number of amides is 2. The molecule has 1 heterocycles. The molecule has 1 unspecified atom stereocenters. The fraction of sp³-hybridized carbons (Fsp3) is 0.429. The van der Waals surface area contributed by atoms with Crippen LogP contribution < -0.4 is 14.8 Å². The first-order chi connectivity index (χ1) is 9.97. The summed E-state index contributed by atoms with van der Waals surface area (Å²) < 4.78 is 10.5. The Morgan fingerprint density at radius 3 is 2.81 bits per heavy atom. The Morgan fingerprint density at radius 2 is 2.10 bits per heavy atom. The van der Waals surface area contributed by atoms with Crippen LogP contribution in [0.15, 0.2) is 18.2 Å². The van der Waals surface area contributed by atoms with Crippen molar-refractivity contribution in [1.29, 1.82) is 0 Å². The van der Waals surface area contributed by atoms with Crippen LogP contribution in [0.25, 0.3) is 0 Å². The molecular weight excluding hydrogens is 276 g/mol. The van der Waals surface area contributed by atoms with Crippen molar-refractivity contribution in [2.45, 2.75) is 13.5 Å². The lowest BCUT2D eigenvalue weighted by Crippen LogP contribution is -2.40. The summed E-state index contributed by atoms with van der Waals surface area (Å²) in [5, 5.41) is 11.6. The molecule has 21 heavy (non-hydrogen) atoms. The van der Waals surface area contributed by atoms with Gasteiger partial charge < -0.3 is 24.8 Å². The largest absolute Gasteiger partial charge is 0.481 e. The second-order valence-corrected chi connectivity index (χ2v) is 4.97. The third kappa shape index (κ3) is 3.77. The Morgan fingerprint density at radius 1 is 1.38 bits per heavy atom. The summed E-state index contributed by atoms with van der Waals surface area (Å²) in [6, 6.07) is 5.12. The molecule has 1 aromatic rings. The van der Waals surface area contributed by atoms with Gasteiger partial charge in [-0.1, -0.05) is 13.0 Å². The van der Waals surface area contributed by atoms with Gasteiger partial charge in [0.15, 0.2) is 11.5 Å². The van der Waals surface area contributed by atoms with Crippen LogP contribution in [0, 0.1) is 5.92 Å². The number of fused-ring (bicyclic) bond motifs is 1. The van der Waals surface area contributed by atoms with Gasteiger partial charge in [0, 0.05) is 20.1 Å². The number of nitrogens with one attached hydrogen (secondary N) is 1. The van der Waals surface area contributed by atoms with Gasteiger partial charge in [-0.05, 0) is 17.7 Å². The van der Waals surface area contributed by atoms with Crippen LogP contribution in [0.1, 0.15) is 12.5 Å². The smallest absolute Gasteiger partial charge is 0.317 e. The molecule has 0 spiro atoms. The highest BCUT2D eigenvalue weighted by molar-refractivity contribution is 5.75. The lowest BCUT2D eigenvalue weighted by atomic mass is 10.2. The van der Waals surface area contributed by atoms with Crippen LogP contribution in [-0.2, 0) is 11.3 Å². The molecule has 0 bridgehead atoms. The lowest BCUT2D eigenvalue weighted by Gasteiger charge is -2.20. The van der Waals surface area contributed by atoms with Gasteiger partial charge in [-0.15, -0.1) is 0 Å². The fourth-order valence-electron chi connectivity index (χ4n) is 1.94. The Labute approximate surface area is 122 Å². The van der Waals surface area contributed by atoms with Gasteiger partial charge in [0.05, 0.1) is 5.92 Å². The number of aliphatic carboxylic acids is 1. The number of carbonyl (C=O) groups is 2.